The van der Waals surface area contributed by atoms with Crippen molar-refractivity contribution >= 4 is 5.91 Å². The van der Waals surface area contributed by atoms with Crippen molar-refractivity contribution in [1.29, 1.82) is 0 Å². The number of nitrogens with one attached hydrogen (secondary N) is 1. The summed E-state index contributed by atoms with van der Waals surface area (Å²) < 4.78 is 15.9. The molecule has 0 unspecified atom stereocenters. The second kappa shape index (κ2) is 9.37. The Labute approximate surface area is 145 Å². The van der Waals surface area contributed by atoms with Gasteiger partial charge >= 0.3 is 0 Å². The highest BCUT2D eigenvalue weighted by atomic mass is 16.5. The highest BCUT2D eigenvalue weighted by Crippen LogP contribution is 2.39. The molecule has 6 heteroatoms. The molecule has 0 aliphatic carbocycles. The van der Waals surface area contributed by atoms with E-state index in [2.05, 4.69) is 37.9 Å². The lowest BCUT2D eigenvalue weighted by Gasteiger charge is -2.30. The Morgan fingerprint density at radius 2 is 1.58 bits per heavy atom. The van der Waals surface area contributed by atoms with Crippen molar-refractivity contribution in [2.75, 3.05) is 34.4 Å². The first-order chi connectivity index (χ1) is 11.4. The molecular formula is C18H30N2O4. The fraction of sp³-hybridized carbons (Fsp3) is 0.611. The standard InChI is InChI=1S/C18H30N2O4/c1-12(2)20(13(3)4)11-10-19-18(21)14-8-9-15(22-5)17(24-7)16(14)23-6/h8-9,12-13H,10-11H2,1-7H3,(H,19,21). The number of hydrogen-bond donors (Lipinski definition) is 1. The van der Waals surface area contributed by atoms with Gasteiger partial charge in [-0.2, -0.15) is 0 Å². The predicted octanol–water partition coefficient (Wildman–Crippen LogP) is 2.56. The van der Waals surface area contributed by atoms with E-state index in [9.17, 15) is 4.79 Å². The van der Waals surface area contributed by atoms with Gasteiger partial charge in [-0.1, -0.05) is 0 Å². The van der Waals surface area contributed by atoms with Gasteiger partial charge in [0.05, 0.1) is 26.9 Å². The third-order valence-corrected chi connectivity index (χ3v) is 3.93. The quantitative estimate of drug-likeness (QED) is 0.750. The van der Waals surface area contributed by atoms with Crippen LogP contribution in [0, 0.1) is 0 Å². The number of benzene rings is 1. The number of carbonyl (C=O) groups excluding carboxylic acids is 1. The summed E-state index contributed by atoms with van der Waals surface area (Å²) in [5.74, 6) is 1.12. The number of hydrogen-bond acceptors (Lipinski definition) is 5. The van der Waals surface area contributed by atoms with E-state index in [0.29, 0.717) is 41.4 Å². The maximum Gasteiger partial charge on any atom is 0.255 e. The normalized spacial score (nSPS) is 11.1. The van der Waals surface area contributed by atoms with E-state index in [1.807, 2.05) is 0 Å². The molecule has 1 aromatic rings. The molecule has 0 aromatic heterocycles. The van der Waals surface area contributed by atoms with Crippen LogP contribution in [0.2, 0.25) is 0 Å². The molecule has 0 bridgehead atoms. The van der Waals surface area contributed by atoms with Crippen molar-refractivity contribution in [3.8, 4) is 17.2 Å². The van der Waals surface area contributed by atoms with Crippen LogP contribution in [-0.4, -0.2) is 57.3 Å². The average Bonchev–Trinajstić information content (AvgIpc) is 2.55. The molecule has 136 valence electrons. The zero-order chi connectivity index (χ0) is 18.3. The number of carbonyl (C=O) groups is 1. The van der Waals surface area contributed by atoms with Gasteiger partial charge < -0.3 is 19.5 Å². The molecule has 1 amide bonds. The van der Waals surface area contributed by atoms with Crippen LogP contribution < -0.4 is 19.5 Å². The van der Waals surface area contributed by atoms with E-state index in [1.54, 1.807) is 19.2 Å². The van der Waals surface area contributed by atoms with Crippen LogP contribution in [0.3, 0.4) is 0 Å². The van der Waals surface area contributed by atoms with Gasteiger partial charge in [0, 0.05) is 25.2 Å². The number of methoxy groups -OCH3 is 3. The summed E-state index contributed by atoms with van der Waals surface area (Å²) in [5.41, 5.74) is 0.427. The molecule has 0 heterocycles. The lowest BCUT2D eigenvalue weighted by atomic mass is 10.1. The monoisotopic (exact) mass is 338 g/mol. The Morgan fingerprint density at radius 3 is 2.04 bits per heavy atom. The molecule has 1 rings (SSSR count). The van der Waals surface area contributed by atoms with Gasteiger partial charge in [0.2, 0.25) is 5.75 Å². The van der Waals surface area contributed by atoms with Gasteiger partial charge in [-0.05, 0) is 39.8 Å². The Kier molecular flexibility index (Phi) is 7.85. The minimum Gasteiger partial charge on any atom is -0.493 e. The molecule has 6 nitrogen and oxygen atoms in total. The van der Waals surface area contributed by atoms with Crippen LogP contribution in [0.5, 0.6) is 17.2 Å². The van der Waals surface area contributed by atoms with Gasteiger partial charge in [0.25, 0.3) is 5.91 Å². The first kappa shape index (κ1) is 20.1. The van der Waals surface area contributed by atoms with Crippen LogP contribution in [0.4, 0.5) is 0 Å². The maximum absolute atomic E-state index is 12.5. The summed E-state index contributed by atoms with van der Waals surface area (Å²) in [5, 5.41) is 2.95. The van der Waals surface area contributed by atoms with Crippen LogP contribution in [0.1, 0.15) is 38.1 Å². The van der Waals surface area contributed by atoms with E-state index in [0.717, 1.165) is 6.54 Å². The molecule has 0 fully saturated rings. The SMILES string of the molecule is COc1ccc(C(=O)NCCN(C(C)C)C(C)C)c(OC)c1OC. The molecule has 0 saturated carbocycles. The van der Waals surface area contributed by atoms with E-state index in [-0.39, 0.29) is 5.91 Å². The predicted molar refractivity (Wildman–Crippen MR) is 95.4 cm³/mol. The van der Waals surface area contributed by atoms with Crippen molar-refractivity contribution in [3.63, 3.8) is 0 Å². The summed E-state index contributed by atoms with van der Waals surface area (Å²) >= 11 is 0. The van der Waals surface area contributed by atoms with Gasteiger partial charge in [-0.25, -0.2) is 0 Å². The second-order valence-corrected chi connectivity index (χ2v) is 6.06. The van der Waals surface area contributed by atoms with Gasteiger partial charge in [0.15, 0.2) is 11.5 Å². The van der Waals surface area contributed by atoms with Crippen LogP contribution in [0.15, 0.2) is 12.1 Å². The van der Waals surface area contributed by atoms with Crippen molar-refractivity contribution in [3.05, 3.63) is 17.7 Å². The Hall–Kier alpha value is -1.95. The van der Waals surface area contributed by atoms with Crippen molar-refractivity contribution in [2.45, 2.75) is 39.8 Å². The summed E-state index contributed by atoms with van der Waals surface area (Å²) in [6.45, 7) is 9.96. The Bertz CT molecular complexity index is 536. The summed E-state index contributed by atoms with van der Waals surface area (Å²) in [4.78, 5) is 14.8. The molecule has 1 N–H and O–H groups in total. The minimum absolute atomic E-state index is 0.194. The van der Waals surface area contributed by atoms with E-state index in [4.69, 9.17) is 14.2 Å². The summed E-state index contributed by atoms with van der Waals surface area (Å²) in [6, 6.07) is 4.23. The van der Waals surface area contributed by atoms with Gasteiger partial charge in [-0.3, -0.25) is 9.69 Å². The summed E-state index contributed by atoms with van der Waals surface area (Å²) in [6.07, 6.45) is 0. The van der Waals surface area contributed by atoms with Crippen LogP contribution >= 0.6 is 0 Å². The fourth-order valence-corrected chi connectivity index (χ4v) is 2.79. The molecule has 1 aromatic carbocycles. The number of amides is 1. The number of rotatable bonds is 9. The molecule has 0 aliphatic rings. The van der Waals surface area contributed by atoms with E-state index >= 15 is 0 Å². The van der Waals surface area contributed by atoms with Crippen molar-refractivity contribution < 1.29 is 19.0 Å². The molecular weight excluding hydrogens is 308 g/mol. The maximum atomic E-state index is 12.5. The topological polar surface area (TPSA) is 60.0 Å². The zero-order valence-electron chi connectivity index (χ0n) is 15.8. The Balaban J connectivity index is 2.85. The molecule has 0 radical (unpaired) electrons. The van der Waals surface area contributed by atoms with Crippen LogP contribution in [-0.2, 0) is 0 Å². The van der Waals surface area contributed by atoms with Gasteiger partial charge in [-0.15, -0.1) is 0 Å². The van der Waals surface area contributed by atoms with E-state index < -0.39 is 0 Å². The minimum atomic E-state index is -0.194. The molecule has 0 saturated heterocycles. The fourth-order valence-electron chi connectivity index (χ4n) is 2.79. The third-order valence-electron chi connectivity index (χ3n) is 3.93. The lowest BCUT2D eigenvalue weighted by molar-refractivity contribution is 0.0935. The van der Waals surface area contributed by atoms with Crippen molar-refractivity contribution in [2.24, 2.45) is 0 Å². The smallest absolute Gasteiger partial charge is 0.255 e. The molecule has 24 heavy (non-hydrogen) atoms. The Morgan fingerprint density at radius 1 is 1.00 bits per heavy atom. The second-order valence-electron chi connectivity index (χ2n) is 6.06. The largest absolute Gasteiger partial charge is 0.493 e. The van der Waals surface area contributed by atoms with Gasteiger partial charge in [0.1, 0.15) is 0 Å². The average molecular weight is 338 g/mol. The third kappa shape index (κ3) is 4.77. The number of nitrogens with zero attached hydrogens (tertiary/aromatic N) is 1. The highest BCUT2D eigenvalue weighted by Gasteiger charge is 2.21. The first-order valence-electron chi connectivity index (χ1n) is 8.20. The highest BCUT2D eigenvalue weighted by molar-refractivity contribution is 5.98. The zero-order valence-corrected chi connectivity index (χ0v) is 15.8. The number of ether oxygens (including phenoxy) is 3. The molecule has 0 aliphatic heterocycles. The lowest BCUT2D eigenvalue weighted by Crippen LogP contribution is -2.42. The first-order valence-corrected chi connectivity index (χ1v) is 8.20. The molecule has 0 atom stereocenters. The van der Waals surface area contributed by atoms with Crippen molar-refractivity contribution in [1.82, 2.24) is 10.2 Å². The van der Waals surface area contributed by atoms with Crippen LogP contribution in [0.25, 0.3) is 0 Å². The molecule has 0 spiro atoms. The van der Waals surface area contributed by atoms with E-state index in [1.165, 1.54) is 14.2 Å². The summed E-state index contributed by atoms with van der Waals surface area (Å²) in [7, 11) is 4.57.